The van der Waals surface area contributed by atoms with Gasteiger partial charge in [-0.1, -0.05) is 6.08 Å². The normalized spacial score (nSPS) is 14.4. The molecule has 2 aromatic heterocycles. The van der Waals surface area contributed by atoms with Crippen LogP contribution < -0.4 is 0 Å². The minimum Gasteiger partial charge on any atom is -0.334 e. The molecular weight excluding hydrogens is 389 g/mol. The van der Waals surface area contributed by atoms with Gasteiger partial charge in [0.1, 0.15) is 5.82 Å². The number of carbonyl (C=O) groups is 1. The first-order valence-corrected chi connectivity index (χ1v) is 11.2. The molecule has 4 nitrogen and oxygen atoms in total. The monoisotopic (exact) mass is 419 g/mol. The Morgan fingerprint density at radius 1 is 1.13 bits per heavy atom. The molecule has 0 radical (unpaired) electrons. The Balaban J connectivity index is 1.92. The van der Waals surface area contributed by atoms with Gasteiger partial charge in [-0.15, -0.1) is 0 Å². The summed E-state index contributed by atoms with van der Waals surface area (Å²) >= 11 is 0. The predicted octanol–water partition coefficient (Wildman–Crippen LogP) is 6.38. The number of pyridine rings is 1. The third-order valence-corrected chi connectivity index (χ3v) is 6.04. The molecule has 0 atom stereocenters. The fraction of sp³-hybridized carbons (Fsp3) is 0.385. The van der Waals surface area contributed by atoms with Crippen molar-refractivity contribution in [3.63, 3.8) is 0 Å². The van der Waals surface area contributed by atoms with Crippen molar-refractivity contribution in [2.75, 3.05) is 0 Å². The van der Waals surface area contributed by atoms with Gasteiger partial charge in [0.2, 0.25) is 0 Å². The lowest BCUT2D eigenvalue weighted by atomic mass is 9.94. The highest BCUT2D eigenvalue weighted by atomic mass is 19.1. The Kier molecular flexibility index (Phi) is 5.94. The van der Waals surface area contributed by atoms with Crippen molar-refractivity contribution in [3.05, 3.63) is 65.9 Å². The highest BCUT2D eigenvalue weighted by Gasteiger charge is 2.26. The summed E-state index contributed by atoms with van der Waals surface area (Å²) in [6, 6.07) is 6.52. The van der Waals surface area contributed by atoms with E-state index in [4.69, 9.17) is 0 Å². The number of aromatic nitrogens is 2. The van der Waals surface area contributed by atoms with Crippen molar-refractivity contribution >= 4 is 22.4 Å². The maximum atomic E-state index is 14.3. The second-order valence-corrected chi connectivity index (χ2v) is 8.84. The average Bonchev–Trinajstić information content (AvgIpc) is 3.13. The second-order valence-electron chi connectivity index (χ2n) is 8.84. The molecule has 31 heavy (non-hydrogen) atoms. The zero-order chi connectivity index (χ0) is 22.1. The van der Waals surface area contributed by atoms with Gasteiger partial charge in [0.25, 0.3) is 5.91 Å². The molecule has 1 aromatic carbocycles. The Morgan fingerprint density at radius 2 is 1.90 bits per heavy atom. The predicted molar refractivity (Wildman–Crippen MR) is 124 cm³/mol. The van der Waals surface area contributed by atoms with E-state index in [9.17, 15) is 9.18 Å². The summed E-state index contributed by atoms with van der Waals surface area (Å²) < 4.78 is 16.3. The summed E-state index contributed by atoms with van der Waals surface area (Å²) in [4.78, 5) is 19.7. The molecule has 0 spiro atoms. The SMILES string of the molecule is CC(C)N(C(=O)c1cc(F)ccc1-n1cc(C2=CCCCC2)c2ccncc21)C(C)C. The summed E-state index contributed by atoms with van der Waals surface area (Å²) in [7, 11) is 0. The summed E-state index contributed by atoms with van der Waals surface area (Å²) in [5, 5.41) is 1.11. The largest absolute Gasteiger partial charge is 0.334 e. The van der Waals surface area contributed by atoms with E-state index in [1.165, 1.54) is 36.1 Å². The number of hydrogen-bond acceptors (Lipinski definition) is 2. The van der Waals surface area contributed by atoms with Crippen LogP contribution in [0, 0.1) is 5.82 Å². The van der Waals surface area contributed by atoms with E-state index in [0.717, 1.165) is 23.7 Å². The number of fused-ring (bicyclic) bond motifs is 1. The molecule has 1 aliphatic rings. The van der Waals surface area contributed by atoms with Crippen molar-refractivity contribution in [1.82, 2.24) is 14.5 Å². The quantitative estimate of drug-likeness (QED) is 0.481. The molecule has 1 aliphatic carbocycles. The molecule has 0 saturated carbocycles. The summed E-state index contributed by atoms with van der Waals surface area (Å²) in [5.74, 6) is -0.576. The Bertz CT molecular complexity index is 1130. The van der Waals surface area contributed by atoms with Gasteiger partial charge in [0.15, 0.2) is 0 Å². The Morgan fingerprint density at radius 3 is 2.58 bits per heavy atom. The number of hydrogen-bond donors (Lipinski definition) is 0. The Hall–Kier alpha value is -2.95. The van der Waals surface area contributed by atoms with E-state index in [1.807, 2.05) is 44.5 Å². The van der Waals surface area contributed by atoms with Gasteiger partial charge in [-0.05, 0) is 83.2 Å². The first-order chi connectivity index (χ1) is 14.9. The van der Waals surface area contributed by atoms with Crippen LogP contribution in [-0.4, -0.2) is 32.4 Å². The summed E-state index contributed by atoms with van der Waals surface area (Å²) in [5.41, 5.74) is 4.47. The number of amides is 1. The molecule has 3 aromatic rings. The lowest BCUT2D eigenvalue weighted by molar-refractivity contribution is 0.0643. The van der Waals surface area contributed by atoms with Crippen LogP contribution in [0.3, 0.4) is 0 Å². The lowest BCUT2D eigenvalue weighted by Crippen LogP contribution is -2.42. The zero-order valence-corrected chi connectivity index (χ0v) is 18.7. The van der Waals surface area contributed by atoms with Crippen LogP contribution in [-0.2, 0) is 0 Å². The van der Waals surface area contributed by atoms with Gasteiger partial charge < -0.3 is 9.47 Å². The second kappa shape index (κ2) is 8.66. The van der Waals surface area contributed by atoms with Gasteiger partial charge in [-0.25, -0.2) is 4.39 Å². The standard InChI is InChI=1S/C26H30FN3O/c1-17(2)30(18(3)4)26(31)22-14-20(27)10-11-24(22)29-16-23(19-8-6-5-7-9-19)21-12-13-28-15-25(21)29/h8,10-18H,5-7,9H2,1-4H3. The van der Waals surface area contributed by atoms with E-state index in [2.05, 4.69) is 17.3 Å². The van der Waals surface area contributed by atoms with Crippen LogP contribution in [0.15, 0.2) is 48.9 Å². The molecule has 0 fully saturated rings. The van der Waals surface area contributed by atoms with Crippen LogP contribution in [0.2, 0.25) is 0 Å². The highest BCUT2D eigenvalue weighted by Crippen LogP contribution is 2.35. The number of allylic oxidation sites excluding steroid dienone is 2. The molecule has 5 heteroatoms. The minimum absolute atomic E-state index is 0.00893. The van der Waals surface area contributed by atoms with Gasteiger partial charge >= 0.3 is 0 Å². The lowest BCUT2D eigenvalue weighted by Gasteiger charge is -2.31. The van der Waals surface area contributed by atoms with Crippen molar-refractivity contribution < 1.29 is 9.18 Å². The molecular formula is C26H30FN3O. The van der Waals surface area contributed by atoms with E-state index in [1.54, 1.807) is 17.2 Å². The van der Waals surface area contributed by atoms with Crippen molar-refractivity contribution in [1.29, 1.82) is 0 Å². The van der Waals surface area contributed by atoms with Crippen molar-refractivity contribution in [2.24, 2.45) is 0 Å². The van der Waals surface area contributed by atoms with Crippen LogP contribution in [0.25, 0.3) is 22.2 Å². The number of halogens is 1. The zero-order valence-electron chi connectivity index (χ0n) is 18.7. The molecule has 162 valence electrons. The van der Waals surface area contributed by atoms with E-state index in [0.29, 0.717) is 11.3 Å². The summed E-state index contributed by atoms with van der Waals surface area (Å²) in [6.45, 7) is 7.94. The fourth-order valence-electron chi connectivity index (χ4n) is 4.71. The third-order valence-electron chi connectivity index (χ3n) is 6.04. The number of nitrogens with zero attached hydrogens (tertiary/aromatic N) is 3. The van der Waals surface area contributed by atoms with E-state index >= 15 is 0 Å². The molecule has 0 bridgehead atoms. The average molecular weight is 420 g/mol. The van der Waals surface area contributed by atoms with Crippen LogP contribution in [0.1, 0.15) is 69.3 Å². The van der Waals surface area contributed by atoms with Gasteiger partial charge in [0.05, 0.1) is 23.0 Å². The topological polar surface area (TPSA) is 38.1 Å². The van der Waals surface area contributed by atoms with Gasteiger partial charge in [0, 0.05) is 35.4 Å². The first-order valence-electron chi connectivity index (χ1n) is 11.2. The molecule has 0 unspecified atom stereocenters. The molecule has 4 rings (SSSR count). The van der Waals surface area contributed by atoms with Crippen LogP contribution >= 0.6 is 0 Å². The minimum atomic E-state index is -0.413. The molecule has 0 saturated heterocycles. The van der Waals surface area contributed by atoms with Gasteiger partial charge in [-0.2, -0.15) is 0 Å². The smallest absolute Gasteiger partial charge is 0.256 e. The van der Waals surface area contributed by atoms with Crippen molar-refractivity contribution in [3.8, 4) is 5.69 Å². The van der Waals surface area contributed by atoms with E-state index < -0.39 is 5.82 Å². The molecule has 2 heterocycles. The maximum Gasteiger partial charge on any atom is 0.256 e. The molecule has 0 N–H and O–H groups in total. The third kappa shape index (κ3) is 4.01. The summed E-state index contributed by atoms with van der Waals surface area (Å²) in [6.07, 6.45) is 12.6. The van der Waals surface area contributed by atoms with Crippen molar-refractivity contribution in [2.45, 2.75) is 65.5 Å². The molecule has 0 aliphatic heterocycles. The van der Waals surface area contributed by atoms with Crippen LogP contribution in [0.5, 0.6) is 0 Å². The fourth-order valence-corrected chi connectivity index (χ4v) is 4.71. The maximum absolute atomic E-state index is 14.3. The number of carbonyl (C=O) groups excluding carboxylic acids is 1. The number of rotatable bonds is 5. The first kappa shape index (κ1) is 21.3. The van der Waals surface area contributed by atoms with E-state index in [-0.39, 0.29) is 18.0 Å². The van der Waals surface area contributed by atoms with Crippen LogP contribution in [0.4, 0.5) is 4.39 Å². The Labute approximate surface area is 183 Å². The number of benzene rings is 1. The highest BCUT2D eigenvalue weighted by molar-refractivity contribution is 6.00. The van der Waals surface area contributed by atoms with Gasteiger partial charge in [-0.3, -0.25) is 9.78 Å². The molecule has 1 amide bonds.